The van der Waals surface area contributed by atoms with E-state index in [4.69, 9.17) is 4.74 Å². The molecule has 2 aromatic carbocycles. The van der Waals surface area contributed by atoms with Crippen molar-refractivity contribution in [3.05, 3.63) is 59.8 Å². The molecule has 0 spiro atoms. The zero-order valence-corrected chi connectivity index (χ0v) is 13.7. The Labute approximate surface area is 140 Å². The number of aromatic nitrogens is 1. The summed E-state index contributed by atoms with van der Waals surface area (Å²) in [5.74, 6) is 0.721. The molecule has 4 nitrogen and oxygen atoms in total. The first kappa shape index (κ1) is 14.5. The number of rotatable bonds is 2. The van der Waals surface area contributed by atoms with Gasteiger partial charge < -0.3 is 9.64 Å². The molecule has 1 aliphatic rings. The molecule has 1 atom stereocenters. The fraction of sp³-hybridized carbons (Fsp3) is 0.200. The lowest BCUT2D eigenvalue weighted by Crippen LogP contribution is -2.25. The van der Waals surface area contributed by atoms with E-state index in [1.54, 1.807) is 13.3 Å². The minimum absolute atomic E-state index is 0.284. The minimum atomic E-state index is 0.284. The molecule has 1 aliphatic heterocycles. The maximum absolute atomic E-state index is 9.65. The summed E-state index contributed by atoms with van der Waals surface area (Å²) in [6, 6.07) is 16.8. The van der Waals surface area contributed by atoms with Gasteiger partial charge in [-0.15, -0.1) is 0 Å². The largest absolute Gasteiger partial charge is 0.494 e. The molecule has 0 fully saturated rings. The van der Waals surface area contributed by atoms with Crippen molar-refractivity contribution >= 4 is 22.3 Å². The topological polar surface area (TPSA) is 49.1 Å². The van der Waals surface area contributed by atoms with Crippen molar-refractivity contribution in [3.63, 3.8) is 0 Å². The summed E-state index contributed by atoms with van der Waals surface area (Å²) in [6.07, 6.45) is 2.61. The Bertz CT molecular complexity index is 974. The van der Waals surface area contributed by atoms with Crippen LogP contribution in [0.25, 0.3) is 10.9 Å². The second kappa shape index (κ2) is 5.54. The van der Waals surface area contributed by atoms with E-state index in [9.17, 15) is 5.26 Å². The Hall–Kier alpha value is -3.06. The van der Waals surface area contributed by atoms with Crippen LogP contribution in [0.2, 0.25) is 0 Å². The lowest BCUT2D eigenvalue weighted by molar-refractivity contribution is 0.419. The van der Waals surface area contributed by atoms with Gasteiger partial charge in [0.2, 0.25) is 0 Å². The molecule has 4 heteroatoms. The average Bonchev–Trinajstić information content (AvgIpc) is 2.95. The predicted octanol–water partition coefficient (Wildman–Crippen LogP) is 4.20. The van der Waals surface area contributed by atoms with Gasteiger partial charge in [-0.05, 0) is 31.0 Å². The van der Waals surface area contributed by atoms with Crippen molar-refractivity contribution in [2.24, 2.45) is 0 Å². The van der Waals surface area contributed by atoms with E-state index in [2.05, 4.69) is 41.1 Å². The minimum Gasteiger partial charge on any atom is -0.494 e. The second-order valence-corrected chi connectivity index (χ2v) is 6.04. The third-order valence-corrected chi connectivity index (χ3v) is 4.62. The Morgan fingerprint density at radius 3 is 2.83 bits per heavy atom. The van der Waals surface area contributed by atoms with Gasteiger partial charge in [0.15, 0.2) is 0 Å². The Morgan fingerprint density at radius 2 is 2.04 bits per heavy atom. The van der Waals surface area contributed by atoms with Gasteiger partial charge in [-0.3, -0.25) is 4.98 Å². The number of fused-ring (bicyclic) bond motifs is 2. The maximum Gasteiger partial charge on any atom is 0.145 e. The van der Waals surface area contributed by atoms with E-state index in [1.165, 1.54) is 5.56 Å². The van der Waals surface area contributed by atoms with Gasteiger partial charge in [-0.2, -0.15) is 5.26 Å². The van der Waals surface area contributed by atoms with Crippen LogP contribution in [0.3, 0.4) is 0 Å². The highest BCUT2D eigenvalue weighted by atomic mass is 16.5. The molecule has 24 heavy (non-hydrogen) atoms. The summed E-state index contributed by atoms with van der Waals surface area (Å²) in [6.45, 7) is 2.19. The fourth-order valence-corrected chi connectivity index (χ4v) is 3.59. The first-order chi connectivity index (χ1) is 11.7. The first-order valence-electron chi connectivity index (χ1n) is 7.97. The van der Waals surface area contributed by atoms with Crippen LogP contribution in [0, 0.1) is 11.3 Å². The van der Waals surface area contributed by atoms with Gasteiger partial charge in [0.05, 0.1) is 18.4 Å². The van der Waals surface area contributed by atoms with Gasteiger partial charge in [0, 0.05) is 23.3 Å². The molecule has 0 saturated heterocycles. The molecule has 3 aromatic rings. The Morgan fingerprint density at radius 1 is 1.21 bits per heavy atom. The Balaban J connectivity index is 2.05. The summed E-state index contributed by atoms with van der Waals surface area (Å²) < 4.78 is 5.45. The average molecular weight is 315 g/mol. The monoisotopic (exact) mass is 315 g/mol. The summed E-state index contributed by atoms with van der Waals surface area (Å²) in [5.41, 5.74) is 4.75. The number of ether oxygens (including phenoxy) is 1. The zero-order chi connectivity index (χ0) is 16.7. The van der Waals surface area contributed by atoms with E-state index in [-0.39, 0.29) is 6.04 Å². The molecule has 1 unspecified atom stereocenters. The van der Waals surface area contributed by atoms with E-state index >= 15 is 0 Å². The van der Waals surface area contributed by atoms with E-state index < -0.39 is 0 Å². The van der Waals surface area contributed by atoms with Crippen LogP contribution in [0.4, 0.5) is 11.4 Å². The number of nitriles is 1. The van der Waals surface area contributed by atoms with Crippen LogP contribution in [0.15, 0.2) is 48.7 Å². The van der Waals surface area contributed by atoms with E-state index in [0.29, 0.717) is 5.56 Å². The van der Waals surface area contributed by atoms with Crippen molar-refractivity contribution in [3.8, 4) is 11.8 Å². The standard InChI is InChI=1S/C20H17N3O/c1-13-10-14-6-3-4-8-17(14)23(13)20-15(11-21)12-22-19-16(20)7-5-9-18(19)24-2/h3-9,12-13H,10H2,1-2H3. The van der Waals surface area contributed by atoms with Crippen molar-refractivity contribution in [2.75, 3.05) is 12.0 Å². The van der Waals surface area contributed by atoms with Crippen molar-refractivity contribution in [1.82, 2.24) is 4.98 Å². The van der Waals surface area contributed by atoms with Crippen molar-refractivity contribution < 1.29 is 4.74 Å². The molecule has 0 aliphatic carbocycles. The molecule has 4 rings (SSSR count). The number of nitrogens with zero attached hydrogens (tertiary/aromatic N) is 3. The highest BCUT2D eigenvalue weighted by molar-refractivity contribution is 6.00. The number of hydrogen-bond acceptors (Lipinski definition) is 4. The highest BCUT2D eigenvalue weighted by Crippen LogP contribution is 2.43. The maximum atomic E-state index is 9.65. The normalized spacial score (nSPS) is 16.0. The number of benzene rings is 2. The van der Waals surface area contributed by atoms with Gasteiger partial charge in [-0.1, -0.05) is 30.3 Å². The van der Waals surface area contributed by atoms with Crippen LogP contribution in [0.5, 0.6) is 5.75 Å². The van der Waals surface area contributed by atoms with Gasteiger partial charge in [0.25, 0.3) is 0 Å². The SMILES string of the molecule is COc1cccc2c(N3c4ccccc4CC3C)c(C#N)cnc12. The van der Waals surface area contributed by atoms with Crippen LogP contribution in [-0.2, 0) is 6.42 Å². The summed E-state index contributed by atoms with van der Waals surface area (Å²) in [7, 11) is 1.64. The summed E-state index contributed by atoms with van der Waals surface area (Å²) in [5, 5.41) is 10.6. The molecule has 118 valence electrons. The predicted molar refractivity (Wildman–Crippen MR) is 94.8 cm³/mol. The van der Waals surface area contributed by atoms with Crippen LogP contribution in [0.1, 0.15) is 18.1 Å². The van der Waals surface area contributed by atoms with Crippen molar-refractivity contribution in [2.45, 2.75) is 19.4 Å². The number of pyridine rings is 1. The molecule has 0 N–H and O–H groups in total. The van der Waals surface area contributed by atoms with E-state index in [1.807, 2.05) is 24.3 Å². The quantitative estimate of drug-likeness (QED) is 0.711. The number of hydrogen-bond donors (Lipinski definition) is 0. The molecule has 1 aromatic heterocycles. The smallest absolute Gasteiger partial charge is 0.145 e. The number of anilines is 2. The lowest BCUT2D eigenvalue weighted by atomic mass is 10.1. The van der Waals surface area contributed by atoms with Crippen LogP contribution >= 0.6 is 0 Å². The fourth-order valence-electron chi connectivity index (χ4n) is 3.59. The van der Waals surface area contributed by atoms with Crippen LogP contribution < -0.4 is 9.64 Å². The molecule has 0 saturated carbocycles. The molecule has 0 bridgehead atoms. The summed E-state index contributed by atoms with van der Waals surface area (Å²) in [4.78, 5) is 6.72. The third-order valence-electron chi connectivity index (χ3n) is 4.62. The Kier molecular flexibility index (Phi) is 3.35. The van der Waals surface area contributed by atoms with Gasteiger partial charge in [-0.25, -0.2) is 0 Å². The lowest BCUT2D eigenvalue weighted by Gasteiger charge is -2.27. The molecule has 2 heterocycles. The molecule has 0 radical (unpaired) electrons. The molecular formula is C20H17N3O. The zero-order valence-electron chi connectivity index (χ0n) is 13.7. The molecule has 0 amide bonds. The first-order valence-corrected chi connectivity index (χ1v) is 7.97. The number of methoxy groups -OCH3 is 1. The summed E-state index contributed by atoms with van der Waals surface area (Å²) >= 11 is 0. The van der Waals surface area contributed by atoms with Crippen LogP contribution in [-0.4, -0.2) is 18.1 Å². The highest BCUT2D eigenvalue weighted by Gasteiger charge is 2.30. The number of para-hydroxylation sites is 2. The van der Waals surface area contributed by atoms with E-state index in [0.717, 1.165) is 34.4 Å². The van der Waals surface area contributed by atoms with Crippen molar-refractivity contribution in [1.29, 1.82) is 5.26 Å². The second-order valence-electron chi connectivity index (χ2n) is 6.04. The van der Waals surface area contributed by atoms with Gasteiger partial charge >= 0.3 is 0 Å². The van der Waals surface area contributed by atoms with Gasteiger partial charge in [0.1, 0.15) is 17.3 Å². The molecular weight excluding hydrogens is 298 g/mol. The third kappa shape index (κ3) is 2.02.